The molecular formula is C22H37IN4O. The summed E-state index contributed by atoms with van der Waals surface area (Å²) in [5.41, 5.74) is 2.59. The van der Waals surface area contributed by atoms with Gasteiger partial charge in [-0.05, 0) is 50.8 Å². The summed E-state index contributed by atoms with van der Waals surface area (Å²) in [5.74, 6) is 2.11. The summed E-state index contributed by atoms with van der Waals surface area (Å²) in [6.45, 7) is 10.7. The summed E-state index contributed by atoms with van der Waals surface area (Å²) in [6.07, 6.45) is 3.79. The molecule has 0 aliphatic carbocycles. The molecule has 2 aliphatic heterocycles. The molecule has 0 spiro atoms. The maximum atomic E-state index is 6.14. The molecule has 2 N–H and O–H groups in total. The number of likely N-dealkylation sites (tertiary alicyclic amines) is 1. The second-order valence-electron chi connectivity index (χ2n) is 7.99. The minimum absolute atomic E-state index is 0. The highest BCUT2D eigenvalue weighted by Gasteiger charge is 2.27. The topological polar surface area (TPSA) is 48.9 Å². The molecule has 28 heavy (non-hydrogen) atoms. The predicted molar refractivity (Wildman–Crippen MR) is 128 cm³/mol. The molecule has 6 heteroatoms. The average molecular weight is 500 g/mol. The number of hydrogen-bond acceptors (Lipinski definition) is 3. The van der Waals surface area contributed by atoms with Gasteiger partial charge in [0.15, 0.2) is 5.96 Å². The molecule has 2 saturated heterocycles. The maximum absolute atomic E-state index is 6.14. The van der Waals surface area contributed by atoms with Crippen molar-refractivity contribution >= 4 is 29.9 Å². The van der Waals surface area contributed by atoms with Crippen molar-refractivity contribution < 1.29 is 4.74 Å². The lowest BCUT2D eigenvalue weighted by molar-refractivity contribution is -0.0265. The Morgan fingerprint density at radius 1 is 1.18 bits per heavy atom. The quantitative estimate of drug-likeness (QED) is 0.356. The van der Waals surface area contributed by atoms with E-state index >= 15 is 0 Å². The van der Waals surface area contributed by atoms with Crippen molar-refractivity contribution in [3.63, 3.8) is 0 Å². The summed E-state index contributed by atoms with van der Waals surface area (Å²) in [6, 6.07) is 8.79. The van der Waals surface area contributed by atoms with Gasteiger partial charge < -0.3 is 20.3 Å². The molecule has 158 valence electrons. The van der Waals surface area contributed by atoms with Crippen molar-refractivity contribution in [3.05, 3.63) is 35.4 Å². The third-order valence-corrected chi connectivity index (χ3v) is 5.98. The molecular weight excluding hydrogens is 463 g/mol. The molecule has 1 aromatic rings. The van der Waals surface area contributed by atoms with E-state index in [-0.39, 0.29) is 30.1 Å². The van der Waals surface area contributed by atoms with E-state index in [1.807, 2.05) is 7.05 Å². The van der Waals surface area contributed by atoms with Crippen LogP contribution in [0.1, 0.15) is 43.4 Å². The van der Waals surface area contributed by atoms with Crippen molar-refractivity contribution in [3.8, 4) is 0 Å². The van der Waals surface area contributed by atoms with E-state index in [0.29, 0.717) is 5.92 Å². The summed E-state index contributed by atoms with van der Waals surface area (Å²) >= 11 is 0. The van der Waals surface area contributed by atoms with Crippen molar-refractivity contribution in [1.29, 1.82) is 0 Å². The zero-order chi connectivity index (χ0) is 19.1. The highest BCUT2D eigenvalue weighted by Crippen LogP contribution is 2.33. The highest BCUT2D eigenvalue weighted by molar-refractivity contribution is 14.0. The van der Waals surface area contributed by atoms with Gasteiger partial charge in [0.2, 0.25) is 0 Å². The number of guanidine groups is 1. The molecule has 0 amide bonds. The zero-order valence-electron chi connectivity index (χ0n) is 17.6. The van der Waals surface area contributed by atoms with Gasteiger partial charge in [-0.25, -0.2) is 0 Å². The van der Waals surface area contributed by atoms with Crippen LogP contribution in [0.2, 0.25) is 0 Å². The number of rotatable bonds is 6. The van der Waals surface area contributed by atoms with Crippen LogP contribution in [0.5, 0.6) is 0 Å². The molecule has 2 aliphatic rings. The van der Waals surface area contributed by atoms with Gasteiger partial charge in [0, 0.05) is 39.2 Å². The lowest BCUT2D eigenvalue weighted by Crippen LogP contribution is -2.43. The highest BCUT2D eigenvalue weighted by atomic mass is 127. The number of aryl methyl sites for hydroxylation is 1. The first kappa shape index (κ1) is 23.4. The fraction of sp³-hybridized carbons (Fsp3) is 0.682. The Morgan fingerprint density at radius 3 is 2.61 bits per heavy atom. The van der Waals surface area contributed by atoms with Crippen molar-refractivity contribution in [2.24, 2.45) is 16.8 Å². The van der Waals surface area contributed by atoms with Gasteiger partial charge >= 0.3 is 0 Å². The number of nitrogens with one attached hydrogen (secondary N) is 2. The summed E-state index contributed by atoms with van der Waals surface area (Å²) in [4.78, 5) is 6.94. The van der Waals surface area contributed by atoms with Gasteiger partial charge in [0.25, 0.3) is 0 Å². The second kappa shape index (κ2) is 12.0. The van der Waals surface area contributed by atoms with E-state index in [4.69, 9.17) is 4.74 Å². The van der Waals surface area contributed by atoms with E-state index in [9.17, 15) is 0 Å². The third kappa shape index (κ3) is 6.59. The molecule has 1 aromatic carbocycles. The van der Waals surface area contributed by atoms with Crippen LogP contribution in [0.3, 0.4) is 0 Å². The lowest BCUT2D eigenvalue weighted by Gasteiger charge is -2.32. The fourth-order valence-electron chi connectivity index (χ4n) is 4.23. The molecule has 0 radical (unpaired) electrons. The standard InChI is InChI=1S/C22H36N4O.HI/c1-4-26-12-11-18(16-26)14-24-22(23-3)25-15-20-6-5-13-27-21(20)19-9-7-17(2)8-10-19;/h7-10,18,20-21H,4-6,11-16H2,1-3H3,(H2,23,24,25);1H. The van der Waals surface area contributed by atoms with Gasteiger partial charge in [-0.2, -0.15) is 0 Å². The van der Waals surface area contributed by atoms with Gasteiger partial charge in [0.05, 0.1) is 6.10 Å². The smallest absolute Gasteiger partial charge is 0.190 e. The molecule has 0 bridgehead atoms. The average Bonchev–Trinajstić information content (AvgIpc) is 3.17. The van der Waals surface area contributed by atoms with Gasteiger partial charge in [-0.1, -0.05) is 36.8 Å². The summed E-state index contributed by atoms with van der Waals surface area (Å²) in [7, 11) is 1.86. The number of ether oxygens (including phenoxy) is 1. The van der Waals surface area contributed by atoms with Crippen LogP contribution in [0.15, 0.2) is 29.3 Å². The minimum Gasteiger partial charge on any atom is -0.373 e. The van der Waals surface area contributed by atoms with Gasteiger partial charge in [0.1, 0.15) is 0 Å². The second-order valence-corrected chi connectivity index (χ2v) is 7.99. The summed E-state index contributed by atoms with van der Waals surface area (Å²) in [5, 5.41) is 7.07. The van der Waals surface area contributed by atoms with Crippen molar-refractivity contribution in [2.45, 2.75) is 39.2 Å². The first-order valence-corrected chi connectivity index (χ1v) is 10.5. The number of nitrogens with zero attached hydrogens (tertiary/aromatic N) is 2. The summed E-state index contributed by atoms with van der Waals surface area (Å²) < 4.78 is 6.14. The Bertz CT molecular complexity index is 607. The van der Waals surface area contributed by atoms with E-state index < -0.39 is 0 Å². The Hall–Kier alpha value is -0.860. The van der Waals surface area contributed by atoms with E-state index in [1.165, 1.54) is 37.1 Å². The molecule has 2 fully saturated rings. The molecule has 2 heterocycles. The van der Waals surface area contributed by atoms with Crippen LogP contribution in [-0.2, 0) is 4.74 Å². The zero-order valence-corrected chi connectivity index (χ0v) is 19.9. The SMILES string of the molecule is CCN1CCC(CNC(=NC)NCC2CCCOC2c2ccc(C)cc2)C1.I. The number of hydrogen-bond donors (Lipinski definition) is 2. The Balaban J connectivity index is 0.00000280. The largest absolute Gasteiger partial charge is 0.373 e. The number of benzene rings is 1. The van der Waals surface area contributed by atoms with Crippen LogP contribution in [0.4, 0.5) is 0 Å². The predicted octanol–water partition coefficient (Wildman–Crippen LogP) is 3.59. The molecule has 3 atom stereocenters. The molecule has 3 rings (SSSR count). The molecule has 5 nitrogen and oxygen atoms in total. The number of aliphatic imine (C=N–C) groups is 1. The van der Waals surface area contributed by atoms with Crippen molar-refractivity contribution in [2.75, 3.05) is 46.4 Å². The minimum atomic E-state index is 0. The molecule has 0 aromatic heterocycles. The van der Waals surface area contributed by atoms with Gasteiger partial charge in [-0.15, -0.1) is 24.0 Å². The van der Waals surface area contributed by atoms with Crippen LogP contribution < -0.4 is 10.6 Å². The molecule has 3 unspecified atom stereocenters. The van der Waals surface area contributed by atoms with Crippen LogP contribution >= 0.6 is 24.0 Å². The number of halogens is 1. The Morgan fingerprint density at radius 2 is 1.93 bits per heavy atom. The monoisotopic (exact) mass is 500 g/mol. The first-order valence-electron chi connectivity index (χ1n) is 10.5. The first-order chi connectivity index (χ1) is 13.2. The lowest BCUT2D eigenvalue weighted by atomic mass is 9.89. The van der Waals surface area contributed by atoms with Crippen LogP contribution in [-0.4, -0.2) is 57.2 Å². The van der Waals surface area contributed by atoms with Crippen LogP contribution in [0.25, 0.3) is 0 Å². The Kier molecular flexibility index (Phi) is 10.0. The van der Waals surface area contributed by atoms with E-state index in [2.05, 4.69) is 58.6 Å². The Labute approximate surface area is 187 Å². The van der Waals surface area contributed by atoms with Crippen molar-refractivity contribution in [1.82, 2.24) is 15.5 Å². The fourth-order valence-corrected chi connectivity index (χ4v) is 4.23. The third-order valence-electron chi connectivity index (χ3n) is 5.98. The maximum Gasteiger partial charge on any atom is 0.190 e. The van der Waals surface area contributed by atoms with E-state index in [0.717, 1.165) is 44.5 Å². The van der Waals surface area contributed by atoms with Crippen LogP contribution in [0, 0.1) is 18.8 Å². The normalized spacial score (nSPS) is 26.0. The molecule has 0 saturated carbocycles. The van der Waals surface area contributed by atoms with Gasteiger partial charge in [-0.3, -0.25) is 4.99 Å². The van der Waals surface area contributed by atoms with E-state index in [1.54, 1.807) is 0 Å².